The maximum Gasteiger partial charge on any atom is -0.0231 e. The predicted octanol–water partition coefficient (Wildman–Crippen LogP) is 11.7. The van der Waals surface area contributed by atoms with Gasteiger partial charge in [0, 0.05) is 0 Å². The molecule has 0 amide bonds. The number of hydrogen-bond donors (Lipinski definition) is 0. The minimum atomic E-state index is 0.321. The van der Waals surface area contributed by atoms with Crippen molar-refractivity contribution >= 4 is 0 Å². The summed E-state index contributed by atoms with van der Waals surface area (Å²) in [6, 6.07) is 0. The van der Waals surface area contributed by atoms with E-state index in [2.05, 4.69) is 104 Å². The number of hydrogen-bond acceptors (Lipinski definition) is 0. The second-order valence-electron chi connectivity index (χ2n) is 19.4. The summed E-state index contributed by atoms with van der Waals surface area (Å²) in [6.07, 6.45) is 13.9. The standard InChI is InChI=1S/C35H66/c1-26-19-27(2,3)20-28(4,5)21-34(15)22-29(6,7)23-35(32(34,12)13)18-16-17-33(14,25-35)24-30(8,9)31(26,10)11/h26H,16-25H2,1-15H3. The molecule has 3 aliphatic carbocycles. The van der Waals surface area contributed by atoms with E-state index in [4.69, 9.17) is 0 Å². The molecule has 3 bridgehead atoms. The Labute approximate surface area is 222 Å². The topological polar surface area (TPSA) is 0 Å². The zero-order chi connectivity index (χ0) is 27.1. The molecule has 3 aliphatic rings. The summed E-state index contributed by atoms with van der Waals surface area (Å²) in [5.41, 5.74) is 3.42. The highest BCUT2D eigenvalue weighted by Crippen LogP contribution is 2.73. The van der Waals surface area contributed by atoms with Crippen LogP contribution in [-0.2, 0) is 0 Å². The highest BCUT2D eigenvalue weighted by Gasteiger charge is 2.64. The van der Waals surface area contributed by atoms with Crippen LogP contribution in [0.4, 0.5) is 0 Å². The molecule has 4 atom stereocenters. The molecule has 0 saturated heterocycles. The monoisotopic (exact) mass is 487 g/mol. The maximum atomic E-state index is 2.72. The molecule has 0 aromatic carbocycles. The van der Waals surface area contributed by atoms with Crippen LogP contribution in [0.1, 0.15) is 168 Å². The van der Waals surface area contributed by atoms with Crippen LogP contribution < -0.4 is 0 Å². The Morgan fingerprint density at radius 3 is 1.57 bits per heavy atom. The Kier molecular flexibility index (Phi) is 6.96. The molecule has 0 aromatic heterocycles. The van der Waals surface area contributed by atoms with Crippen LogP contribution in [0.3, 0.4) is 0 Å². The van der Waals surface area contributed by atoms with Crippen molar-refractivity contribution in [2.45, 2.75) is 168 Å². The van der Waals surface area contributed by atoms with Crippen LogP contribution in [0.25, 0.3) is 0 Å². The van der Waals surface area contributed by atoms with E-state index in [1.165, 1.54) is 64.2 Å². The summed E-state index contributed by atoms with van der Waals surface area (Å²) in [7, 11) is 0. The molecule has 1 spiro atoms. The normalized spacial score (nSPS) is 44.1. The second-order valence-corrected chi connectivity index (χ2v) is 19.4. The first-order chi connectivity index (χ1) is 15.3. The lowest BCUT2D eigenvalue weighted by Crippen LogP contribution is -2.60. The van der Waals surface area contributed by atoms with Gasteiger partial charge in [-0.15, -0.1) is 0 Å². The predicted molar refractivity (Wildman–Crippen MR) is 157 cm³/mol. The Balaban J connectivity index is 2.22. The third-order valence-electron chi connectivity index (χ3n) is 13.3. The van der Waals surface area contributed by atoms with Gasteiger partial charge in [0.05, 0.1) is 0 Å². The summed E-state index contributed by atoms with van der Waals surface area (Å²) in [5.74, 6) is 0.720. The van der Waals surface area contributed by atoms with E-state index in [0.29, 0.717) is 48.7 Å². The summed E-state index contributed by atoms with van der Waals surface area (Å²) in [6.45, 7) is 39.5. The lowest BCUT2D eigenvalue weighted by atomic mass is 9.36. The first-order valence-corrected chi connectivity index (χ1v) is 15.3. The minimum Gasteiger partial charge on any atom is -0.0620 e. The van der Waals surface area contributed by atoms with Crippen molar-refractivity contribution in [3.05, 3.63) is 0 Å². The van der Waals surface area contributed by atoms with E-state index in [0.717, 1.165) is 5.92 Å². The molecular weight excluding hydrogens is 420 g/mol. The van der Waals surface area contributed by atoms with E-state index in [1.54, 1.807) is 0 Å². The Morgan fingerprint density at radius 2 is 1.03 bits per heavy atom. The summed E-state index contributed by atoms with van der Waals surface area (Å²) in [5, 5.41) is 0. The van der Waals surface area contributed by atoms with Crippen molar-refractivity contribution in [2.24, 2.45) is 54.7 Å². The van der Waals surface area contributed by atoms with Gasteiger partial charge in [-0.2, -0.15) is 0 Å². The summed E-state index contributed by atoms with van der Waals surface area (Å²) >= 11 is 0. The van der Waals surface area contributed by atoms with E-state index < -0.39 is 0 Å². The van der Waals surface area contributed by atoms with Gasteiger partial charge in [-0.25, -0.2) is 0 Å². The minimum absolute atomic E-state index is 0.321. The van der Waals surface area contributed by atoms with Crippen LogP contribution in [0, 0.1) is 54.7 Å². The molecule has 0 N–H and O–H groups in total. The molecule has 0 aliphatic heterocycles. The maximum absolute atomic E-state index is 2.72. The van der Waals surface area contributed by atoms with Gasteiger partial charge < -0.3 is 0 Å². The van der Waals surface area contributed by atoms with E-state index in [-0.39, 0.29) is 0 Å². The van der Waals surface area contributed by atoms with Crippen LogP contribution in [-0.4, -0.2) is 0 Å². The third kappa shape index (κ3) is 5.18. The molecule has 3 saturated carbocycles. The fourth-order valence-electron chi connectivity index (χ4n) is 11.6. The highest BCUT2D eigenvalue weighted by atomic mass is 14.7. The third-order valence-corrected chi connectivity index (χ3v) is 13.3. The van der Waals surface area contributed by atoms with E-state index in [1.807, 2.05) is 0 Å². The van der Waals surface area contributed by atoms with Gasteiger partial charge in [0.25, 0.3) is 0 Å². The zero-order valence-electron chi connectivity index (χ0n) is 27.1. The zero-order valence-corrected chi connectivity index (χ0v) is 27.1. The molecule has 206 valence electrons. The molecule has 35 heavy (non-hydrogen) atoms. The first kappa shape index (κ1) is 29.6. The molecule has 0 aromatic rings. The van der Waals surface area contributed by atoms with E-state index in [9.17, 15) is 0 Å². The average molecular weight is 487 g/mol. The lowest BCUT2D eigenvalue weighted by molar-refractivity contribution is -0.194. The average Bonchev–Trinajstić information content (AvgIpc) is 2.55. The van der Waals surface area contributed by atoms with E-state index >= 15 is 0 Å². The van der Waals surface area contributed by atoms with Crippen molar-refractivity contribution in [1.82, 2.24) is 0 Å². The smallest absolute Gasteiger partial charge is 0.0231 e. The van der Waals surface area contributed by atoms with Crippen molar-refractivity contribution < 1.29 is 0 Å². The van der Waals surface area contributed by atoms with Gasteiger partial charge in [-0.1, -0.05) is 110 Å². The molecular formula is C35H66. The summed E-state index contributed by atoms with van der Waals surface area (Å²) in [4.78, 5) is 0. The molecule has 0 radical (unpaired) electrons. The summed E-state index contributed by atoms with van der Waals surface area (Å²) < 4.78 is 0. The fourth-order valence-corrected chi connectivity index (χ4v) is 11.6. The Morgan fingerprint density at radius 1 is 0.514 bits per heavy atom. The largest absolute Gasteiger partial charge is 0.0620 e. The van der Waals surface area contributed by atoms with Crippen LogP contribution >= 0.6 is 0 Å². The fraction of sp³-hybridized carbons (Fsp3) is 1.00. The van der Waals surface area contributed by atoms with Crippen molar-refractivity contribution in [3.8, 4) is 0 Å². The molecule has 3 rings (SSSR count). The molecule has 0 heterocycles. The van der Waals surface area contributed by atoms with Gasteiger partial charge >= 0.3 is 0 Å². The van der Waals surface area contributed by atoms with Gasteiger partial charge in [-0.05, 0) is 112 Å². The van der Waals surface area contributed by atoms with Gasteiger partial charge in [0.2, 0.25) is 0 Å². The van der Waals surface area contributed by atoms with Crippen molar-refractivity contribution in [2.75, 3.05) is 0 Å². The number of rotatable bonds is 0. The Hall–Kier alpha value is 0. The quantitative estimate of drug-likeness (QED) is 0.319. The van der Waals surface area contributed by atoms with Crippen molar-refractivity contribution in [1.29, 1.82) is 0 Å². The number of fused-ring (bicyclic) bond motifs is 2. The van der Waals surface area contributed by atoms with Gasteiger partial charge in [-0.3, -0.25) is 0 Å². The molecule has 0 nitrogen and oxygen atoms in total. The SMILES string of the molecule is CC1CC(C)(C)CC(C)(C)CC2(C)CC(C)(C)CC3(CCCC(C)(CC(C)(C)C1(C)C)C3)C2(C)C. The van der Waals surface area contributed by atoms with Crippen LogP contribution in [0.2, 0.25) is 0 Å². The molecule has 4 unspecified atom stereocenters. The van der Waals surface area contributed by atoms with Crippen LogP contribution in [0.15, 0.2) is 0 Å². The second kappa shape index (κ2) is 8.25. The highest BCUT2D eigenvalue weighted by molar-refractivity contribution is 5.14. The Bertz CT molecular complexity index is 789. The first-order valence-electron chi connectivity index (χ1n) is 15.3. The molecule has 0 heteroatoms. The molecule has 3 fully saturated rings. The van der Waals surface area contributed by atoms with Crippen LogP contribution in [0.5, 0.6) is 0 Å². The van der Waals surface area contributed by atoms with Gasteiger partial charge in [0.1, 0.15) is 0 Å². The lowest BCUT2D eigenvalue weighted by Gasteiger charge is -2.69. The van der Waals surface area contributed by atoms with Crippen molar-refractivity contribution in [3.63, 3.8) is 0 Å². The van der Waals surface area contributed by atoms with Gasteiger partial charge in [0.15, 0.2) is 0 Å².